The van der Waals surface area contributed by atoms with Gasteiger partial charge in [0, 0.05) is 31.1 Å². The van der Waals surface area contributed by atoms with Crippen LogP contribution in [0.2, 0.25) is 5.02 Å². The molecule has 5 rings (SSSR count). The number of nitrogens with zero attached hydrogens (tertiary/aromatic N) is 4. The van der Waals surface area contributed by atoms with Crippen LogP contribution < -0.4 is 16.4 Å². The summed E-state index contributed by atoms with van der Waals surface area (Å²) in [5.41, 5.74) is 7.48. The minimum absolute atomic E-state index is 0.0289. The summed E-state index contributed by atoms with van der Waals surface area (Å²) in [4.78, 5) is 33.5. The van der Waals surface area contributed by atoms with Gasteiger partial charge in [-0.15, -0.1) is 0 Å². The normalized spacial score (nSPS) is 22.0. The number of rotatable bonds is 9. The molecule has 2 atom stereocenters. The van der Waals surface area contributed by atoms with E-state index in [-0.39, 0.29) is 23.1 Å². The Morgan fingerprint density at radius 2 is 1.77 bits per heavy atom. The Morgan fingerprint density at radius 3 is 2.42 bits per heavy atom. The summed E-state index contributed by atoms with van der Waals surface area (Å²) in [7, 11) is 0. The van der Waals surface area contributed by atoms with E-state index in [2.05, 4.69) is 20.7 Å². The van der Waals surface area contributed by atoms with E-state index in [1.165, 1.54) is 32.1 Å². The standard InChI is InChI=1S/C30H44ClN7O2/c31-25-8-6-22(7-9-25)18-26(36-28(39)27(32)23-10-14-33-15-11-23)29(40)37-16-12-30(13-17-37,19-38-21-34-20-35-38)24-4-2-1-3-5-24/h6-9,20-21,23-24,26-27,33H,1-5,10-19,32H2,(H,36,39)/t26-,27-/m1/s1. The summed E-state index contributed by atoms with van der Waals surface area (Å²) >= 11 is 6.11. The van der Waals surface area contributed by atoms with E-state index in [9.17, 15) is 9.59 Å². The lowest BCUT2D eigenvalue weighted by Crippen LogP contribution is -2.57. The number of nitrogens with two attached hydrogens (primary N) is 1. The number of likely N-dealkylation sites (tertiary alicyclic amines) is 1. The Morgan fingerprint density at radius 1 is 1.07 bits per heavy atom. The molecule has 2 aromatic rings. The van der Waals surface area contributed by atoms with Gasteiger partial charge in [0.2, 0.25) is 11.8 Å². The number of carbonyl (C=O) groups excluding carboxylic acids is 2. The second-order valence-corrected chi connectivity index (χ2v) is 12.6. The van der Waals surface area contributed by atoms with Crippen molar-refractivity contribution >= 4 is 23.4 Å². The van der Waals surface area contributed by atoms with E-state index in [1.54, 1.807) is 6.33 Å². The Labute approximate surface area is 242 Å². The maximum Gasteiger partial charge on any atom is 0.245 e. The van der Waals surface area contributed by atoms with E-state index in [0.717, 1.165) is 50.9 Å². The molecule has 0 radical (unpaired) electrons. The van der Waals surface area contributed by atoms with Gasteiger partial charge in [-0.2, -0.15) is 5.10 Å². The maximum absolute atomic E-state index is 14.0. The van der Waals surface area contributed by atoms with Gasteiger partial charge in [0.15, 0.2) is 0 Å². The molecule has 2 aliphatic heterocycles. The predicted molar refractivity (Wildman–Crippen MR) is 155 cm³/mol. The van der Waals surface area contributed by atoms with Gasteiger partial charge in [0.05, 0.1) is 6.04 Å². The van der Waals surface area contributed by atoms with E-state index in [0.29, 0.717) is 30.5 Å². The first-order valence-electron chi connectivity index (χ1n) is 15.1. The number of hydrogen-bond acceptors (Lipinski definition) is 6. The highest BCUT2D eigenvalue weighted by atomic mass is 35.5. The van der Waals surface area contributed by atoms with Crippen LogP contribution in [-0.2, 0) is 22.6 Å². The van der Waals surface area contributed by atoms with Crippen molar-refractivity contribution < 1.29 is 9.59 Å². The zero-order chi connectivity index (χ0) is 28.0. The number of halogens is 1. The minimum atomic E-state index is -0.668. The molecule has 40 heavy (non-hydrogen) atoms. The summed E-state index contributed by atoms with van der Waals surface area (Å²) < 4.78 is 1.97. The third-order valence-corrected chi connectivity index (χ3v) is 9.90. The number of amides is 2. The fourth-order valence-corrected chi connectivity index (χ4v) is 7.31. The lowest BCUT2D eigenvalue weighted by Gasteiger charge is -2.48. The lowest BCUT2D eigenvalue weighted by molar-refractivity contribution is -0.140. The molecule has 1 aromatic heterocycles. The zero-order valence-corrected chi connectivity index (χ0v) is 24.2. The number of piperidine rings is 2. The summed E-state index contributed by atoms with van der Waals surface area (Å²) in [6.45, 7) is 3.93. The van der Waals surface area contributed by atoms with Crippen molar-refractivity contribution in [2.24, 2.45) is 23.0 Å². The van der Waals surface area contributed by atoms with Gasteiger partial charge >= 0.3 is 0 Å². The Balaban J connectivity index is 1.29. The third-order valence-electron chi connectivity index (χ3n) is 9.65. The van der Waals surface area contributed by atoms with Crippen molar-refractivity contribution in [2.45, 2.75) is 82.8 Å². The molecule has 10 heteroatoms. The summed E-state index contributed by atoms with van der Waals surface area (Å²) in [5.74, 6) is 0.489. The van der Waals surface area contributed by atoms with Crippen LogP contribution in [0.3, 0.4) is 0 Å². The van der Waals surface area contributed by atoms with Crippen molar-refractivity contribution in [2.75, 3.05) is 26.2 Å². The summed E-state index contributed by atoms with van der Waals surface area (Å²) in [6.07, 6.45) is 13.8. The van der Waals surface area contributed by atoms with E-state index in [4.69, 9.17) is 17.3 Å². The molecule has 4 N–H and O–H groups in total. The minimum Gasteiger partial charge on any atom is -0.343 e. The van der Waals surface area contributed by atoms with Crippen LogP contribution in [0.25, 0.3) is 0 Å². The highest BCUT2D eigenvalue weighted by Gasteiger charge is 2.44. The maximum atomic E-state index is 14.0. The van der Waals surface area contributed by atoms with Gasteiger partial charge in [-0.3, -0.25) is 14.3 Å². The van der Waals surface area contributed by atoms with E-state index < -0.39 is 12.1 Å². The van der Waals surface area contributed by atoms with Crippen LogP contribution in [0.4, 0.5) is 0 Å². The van der Waals surface area contributed by atoms with Gasteiger partial charge in [0.25, 0.3) is 0 Å². The fourth-order valence-electron chi connectivity index (χ4n) is 7.18. The molecule has 0 spiro atoms. The molecule has 1 saturated carbocycles. The average molecular weight is 570 g/mol. The molecular weight excluding hydrogens is 526 g/mol. The van der Waals surface area contributed by atoms with Crippen LogP contribution in [0.15, 0.2) is 36.9 Å². The molecule has 0 unspecified atom stereocenters. The number of nitrogens with one attached hydrogen (secondary N) is 2. The van der Waals surface area contributed by atoms with Gasteiger partial charge in [0.1, 0.15) is 18.7 Å². The van der Waals surface area contributed by atoms with Crippen LogP contribution in [0, 0.1) is 17.3 Å². The molecule has 3 heterocycles. The zero-order valence-electron chi connectivity index (χ0n) is 23.4. The quantitative estimate of drug-likeness (QED) is 0.427. The smallest absolute Gasteiger partial charge is 0.245 e. The molecule has 2 saturated heterocycles. The molecule has 9 nitrogen and oxygen atoms in total. The highest BCUT2D eigenvalue weighted by molar-refractivity contribution is 6.30. The Bertz CT molecular complexity index is 1090. The van der Waals surface area contributed by atoms with Gasteiger partial charge in [-0.25, -0.2) is 4.98 Å². The highest BCUT2D eigenvalue weighted by Crippen LogP contribution is 2.47. The molecule has 0 bridgehead atoms. The molecular formula is C30H44ClN7O2. The molecule has 1 aromatic carbocycles. The summed E-state index contributed by atoms with van der Waals surface area (Å²) in [5, 5.41) is 11.5. The van der Waals surface area contributed by atoms with Crippen LogP contribution >= 0.6 is 11.6 Å². The largest absolute Gasteiger partial charge is 0.343 e. The molecule has 1 aliphatic carbocycles. The first kappa shape index (κ1) is 29.0. The van der Waals surface area contributed by atoms with Crippen molar-refractivity contribution in [1.82, 2.24) is 30.3 Å². The number of aromatic nitrogens is 3. The number of benzene rings is 1. The molecule has 218 valence electrons. The Hall–Kier alpha value is -2.49. The van der Waals surface area contributed by atoms with Crippen molar-refractivity contribution in [1.29, 1.82) is 0 Å². The second-order valence-electron chi connectivity index (χ2n) is 12.1. The van der Waals surface area contributed by atoms with Gasteiger partial charge < -0.3 is 21.3 Å². The lowest BCUT2D eigenvalue weighted by atomic mass is 9.63. The van der Waals surface area contributed by atoms with Gasteiger partial charge in [-0.05, 0) is 86.6 Å². The monoisotopic (exact) mass is 569 g/mol. The molecule has 2 amide bonds. The van der Waals surface area contributed by atoms with Crippen LogP contribution in [0.5, 0.6) is 0 Å². The van der Waals surface area contributed by atoms with E-state index in [1.807, 2.05) is 40.2 Å². The average Bonchev–Trinajstić information content (AvgIpc) is 3.51. The van der Waals surface area contributed by atoms with Crippen molar-refractivity contribution in [3.05, 3.63) is 47.5 Å². The third kappa shape index (κ3) is 7.04. The number of carbonyl (C=O) groups is 2. The molecule has 3 aliphatic rings. The first-order valence-corrected chi connectivity index (χ1v) is 15.4. The predicted octanol–water partition coefficient (Wildman–Crippen LogP) is 3.18. The van der Waals surface area contributed by atoms with Crippen molar-refractivity contribution in [3.63, 3.8) is 0 Å². The SMILES string of the molecule is N[C@@H](C(=O)N[C@H](Cc1ccc(Cl)cc1)C(=O)N1CCC(Cn2cncn2)(C2CCCCC2)CC1)C1CCNCC1. The second kappa shape index (κ2) is 13.4. The van der Waals surface area contributed by atoms with Gasteiger partial charge in [-0.1, -0.05) is 43.0 Å². The van der Waals surface area contributed by atoms with E-state index >= 15 is 0 Å². The molecule has 3 fully saturated rings. The van der Waals surface area contributed by atoms with Crippen LogP contribution in [0.1, 0.15) is 63.4 Å². The summed E-state index contributed by atoms with van der Waals surface area (Å²) in [6, 6.07) is 6.20. The Kier molecular flexibility index (Phi) is 9.76. The topological polar surface area (TPSA) is 118 Å². The van der Waals surface area contributed by atoms with Crippen LogP contribution in [-0.4, -0.2) is 69.7 Å². The fraction of sp³-hybridized carbons (Fsp3) is 0.667. The number of hydrogen-bond donors (Lipinski definition) is 3. The van der Waals surface area contributed by atoms with Crippen molar-refractivity contribution in [3.8, 4) is 0 Å². The first-order chi connectivity index (χ1) is 19.4.